The van der Waals surface area contributed by atoms with Crippen LogP contribution in [0.2, 0.25) is 5.02 Å². The van der Waals surface area contributed by atoms with Crippen molar-refractivity contribution in [3.63, 3.8) is 0 Å². The summed E-state index contributed by atoms with van der Waals surface area (Å²) in [5.41, 5.74) is 2.33. The van der Waals surface area contributed by atoms with Gasteiger partial charge in [0, 0.05) is 27.4 Å². The highest BCUT2D eigenvalue weighted by Gasteiger charge is 2.08. The molecule has 0 aromatic heterocycles. The van der Waals surface area contributed by atoms with Crippen molar-refractivity contribution >= 4 is 29.1 Å². The van der Waals surface area contributed by atoms with Gasteiger partial charge in [-0.1, -0.05) is 41.9 Å². The number of rotatable bonds is 6. The predicted octanol–water partition coefficient (Wildman–Crippen LogP) is 5.79. The summed E-state index contributed by atoms with van der Waals surface area (Å²) in [5.74, 6) is 0.907. The summed E-state index contributed by atoms with van der Waals surface area (Å²) < 4.78 is 0. The van der Waals surface area contributed by atoms with Crippen molar-refractivity contribution in [2.75, 3.05) is 11.1 Å². The van der Waals surface area contributed by atoms with E-state index in [-0.39, 0.29) is 6.04 Å². The largest absolute Gasteiger partial charge is 0.378 e. The molecule has 0 radical (unpaired) electrons. The van der Waals surface area contributed by atoms with Crippen LogP contribution in [0.25, 0.3) is 0 Å². The van der Waals surface area contributed by atoms with E-state index < -0.39 is 0 Å². The molecule has 104 valence electrons. The summed E-state index contributed by atoms with van der Waals surface area (Å²) in [6.45, 7) is 5.91. The lowest BCUT2D eigenvalue weighted by Crippen LogP contribution is -2.07. The number of para-hydroxylation sites is 1. The Balaban J connectivity index is 2.15. The molecular formula is C17H18ClNS. The van der Waals surface area contributed by atoms with Crippen LogP contribution in [0.15, 0.2) is 66.1 Å². The number of thioether (sulfide) groups is 1. The molecule has 2 aromatic carbocycles. The molecule has 0 fully saturated rings. The van der Waals surface area contributed by atoms with Gasteiger partial charge in [-0.2, -0.15) is 0 Å². The summed E-state index contributed by atoms with van der Waals surface area (Å²) in [4.78, 5) is 1.24. The Kier molecular flexibility index (Phi) is 5.57. The van der Waals surface area contributed by atoms with E-state index in [0.29, 0.717) is 0 Å². The number of halogens is 1. The maximum atomic E-state index is 6.05. The van der Waals surface area contributed by atoms with Gasteiger partial charge in [0.2, 0.25) is 0 Å². The van der Waals surface area contributed by atoms with E-state index >= 15 is 0 Å². The summed E-state index contributed by atoms with van der Waals surface area (Å²) in [6.07, 6.45) is 1.92. The standard InChI is InChI=1S/C17H18ClNS/c1-3-11-20-17-10-5-4-9-16(17)19-13(2)14-7-6-8-15(18)12-14/h3-10,12-13,19H,1,11H2,2H3. The van der Waals surface area contributed by atoms with Gasteiger partial charge in [-0.05, 0) is 36.8 Å². The van der Waals surface area contributed by atoms with E-state index in [1.54, 1.807) is 11.8 Å². The SMILES string of the molecule is C=CCSc1ccccc1NC(C)c1cccc(Cl)c1. The van der Waals surface area contributed by atoms with Crippen molar-refractivity contribution in [3.8, 4) is 0 Å². The Hall–Kier alpha value is -1.38. The molecule has 0 bridgehead atoms. The normalized spacial score (nSPS) is 11.9. The Labute approximate surface area is 130 Å². The second kappa shape index (κ2) is 7.41. The van der Waals surface area contributed by atoms with Crippen LogP contribution in [0.1, 0.15) is 18.5 Å². The molecule has 0 aliphatic carbocycles. The number of hydrogen-bond donors (Lipinski definition) is 1. The average Bonchev–Trinajstić information content (AvgIpc) is 2.46. The van der Waals surface area contributed by atoms with Crippen LogP contribution in [0, 0.1) is 0 Å². The maximum Gasteiger partial charge on any atom is 0.0486 e. The molecule has 0 aliphatic heterocycles. The van der Waals surface area contributed by atoms with Gasteiger partial charge in [0.15, 0.2) is 0 Å². The van der Waals surface area contributed by atoms with Crippen LogP contribution < -0.4 is 5.32 Å². The third-order valence-electron chi connectivity index (χ3n) is 2.96. The monoisotopic (exact) mass is 303 g/mol. The molecule has 0 heterocycles. The van der Waals surface area contributed by atoms with Crippen LogP contribution in [0.3, 0.4) is 0 Å². The fourth-order valence-electron chi connectivity index (χ4n) is 1.95. The van der Waals surface area contributed by atoms with E-state index in [1.165, 1.54) is 10.5 Å². The van der Waals surface area contributed by atoms with Gasteiger partial charge in [-0.25, -0.2) is 0 Å². The van der Waals surface area contributed by atoms with E-state index in [4.69, 9.17) is 11.6 Å². The fourth-order valence-corrected chi connectivity index (χ4v) is 2.91. The lowest BCUT2D eigenvalue weighted by atomic mass is 10.1. The third-order valence-corrected chi connectivity index (χ3v) is 4.27. The highest BCUT2D eigenvalue weighted by atomic mass is 35.5. The molecule has 1 N–H and O–H groups in total. The molecular weight excluding hydrogens is 286 g/mol. The molecule has 0 saturated heterocycles. The number of hydrogen-bond acceptors (Lipinski definition) is 2. The minimum Gasteiger partial charge on any atom is -0.378 e. The lowest BCUT2D eigenvalue weighted by Gasteiger charge is -2.18. The average molecular weight is 304 g/mol. The minimum absolute atomic E-state index is 0.208. The zero-order valence-electron chi connectivity index (χ0n) is 11.5. The van der Waals surface area contributed by atoms with Crippen molar-refractivity contribution < 1.29 is 0 Å². The highest BCUT2D eigenvalue weighted by molar-refractivity contribution is 7.99. The van der Waals surface area contributed by atoms with Crippen LogP contribution in [0.5, 0.6) is 0 Å². The molecule has 20 heavy (non-hydrogen) atoms. The van der Waals surface area contributed by atoms with Crippen molar-refractivity contribution in [1.29, 1.82) is 0 Å². The summed E-state index contributed by atoms with van der Waals surface area (Å²) in [7, 11) is 0. The molecule has 0 aliphatic rings. The quantitative estimate of drug-likeness (QED) is 0.535. The summed E-state index contributed by atoms with van der Waals surface area (Å²) >= 11 is 7.83. The van der Waals surface area contributed by atoms with Gasteiger partial charge < -0.3 is 5.32 Å². The summed E-state index contributed by atoms with van der Waals surface area (Å²) in [6, 6.07) is 16.5. The van der Waals surface area contributed by atoms with Gasteiger partial charge in [-0.3, -0.25) is 0 Å². The van der Waals surface area contributed by atoms with Crippen LogP contribution in [-0.4, -0.2) is 5.75 Å². The van der Waals surface area contributed by atoms with Gasteiger partial charge in [0.25, 0.3) is 0 Å². The van der Waals surface area contributed by atoms with Crippen LogP contribution >= 0.6 is 23.4 Å². The number of anilines is 1. The van der Waals surface area contributed by atoms with Gasteiger partial charge in [0.1, 0.15) is 0 Å². The molecule has 0 amide bonds. The second-order valence-corrected chi connectivity index (χ2v) is 6.02. The zero-order chi connectivity index (χ0) is 14.4. The lowest BCUT2D eigenvalue weighted by molar-refractivity contribution is 0.879. The number of benzene rings is 2. The summed E-state index contributed by atoms with van der Waals surface area (Å²) in [5, 5.41) is 4.32. The molecule has 2 rings (SSSR count). The minimum atomic E-state index is 0.208. The topological polar surface area (TPSA) is 12.0 Å². The molecule has 0 spiro atoms. The molecule has 1 unspecified atom stereocenters. The zero-order valence-corrected chi connectivity index (χ0v) is 13.0. The fraction of sp³-hybridized carbons (Fsp3) is 0.176. The Morgan fingerprint density at radius 1 is 1.25 bits per heavy atom. The first kappa shape index (κ1) is 15.0. The molecule has 1 nitrogen and oxygen atoms in total. The van der Waals surface area contributed by atoms with Crippen LogP contribution in [-0.2, 0) is 0 Å². The highest BCUT2D eigenvalue weighted by Crippen LogP contribution is 2.30. The van der Waals surface area contributed by atoms with E-state index in [9.17, 15) is 0 Å². The Morgan fingerprint density at radius 2 is 2.05 bits per heavy atom. The predicted molar refractivity (Wildman–Crippen MR) is 90.9 cm³/mol. The van der Waals surface area contributed by atoms with Gasteiger partial charge in [0.05, 0.1) is 0 Å². The molecule has 2 aromatic rings. The van der Waals surface area contributed by atoms with Crippen molar-refractivity contribution in [2.24, 2.45) is 0 Å². The molecule has 0 saturated carbocycles. The first-order valence-corrected chi connectivity index (χ1v) is 7.92. The van der Waals surface area contributed by atoms with E-state index in [2.05, 4.69) is 43.1 Å². The molecule has 3 heteroatoms. The van der Waals surface area contributed by atoms with Crippen molar-refractivity contribution in [3.05, 3.63) is 71.8 Å². The maximum absolute atomic E-state index is 6.05. The van der Waals surface area contributed by atoms with Gasteiger partial charge in [-0.15, -0.1) is 18.3 Å². The Morgan fingerprint density at radius 3 is 2.80 bits per heavy atom. The first-order chi connectivity index (χ1) is 9.70. The van der Waals surface area contributed by atoms with Crippen molar-refractivity contribution in [2.45, 2.75) is 17.9 Å². The third kappa shape index (κ3) is 4.06. The van der Waals surface area contributed by atoms with E-state index in [0.717, 1.165) is 16.5 Å². The van der Waals surface area contributed by atoms with Gasteiger partial charge >= 0.3 is 0 Å². The smallest absolute Gasteiger partial charge is 0.0486 e. The first-order valence-electron chi connectivity index (χ1n) is 6.55. The number of nitrogens with one attached hydrogen (secondary N) is 1. The van der Waals surface area contributed by atoms with Crippen molar-refractivity contribution in [1.82, 2.24) is 0 Å². The van der Waals surface area contributed by atoms with E-state index in [1.807, 2.05) is 30.3 Å². The second-order valence-electron chi connectivity index (χ2n) is 4.52. The Bertz CT molecular complexity index is 583. The van der Waals surface area contributed by atoms with Crippen LogP contribution in [0.4, 0.5) is 5.69 Å². The molecule has 1 atom stereocenters.